The van der Waals surface area contributed by atoms with E-state index in [2.05, 4.69) is 15.3 Å². The molecule has 92 valence electrons. The third-order valence-electron chi connectivity index (χ3n) is 2.31. The molecule has 2 aromatic heterocycles. The Morgan fingerprint density at radius 1 is 1.39 bits per heavy atom. The molecule has 0 aliphatic carbocycles. The molecule has 2 N–H and O–H groups in total. The predicted octanol–water partition coefficient (Wildman–Crippen LogP) is 1.98. The zero-order chi connectivity index (χ0) is 13.1. The first-order valence-corrected chi connectivity index (χ1v) is 5.57. The highest BCUT2D eigenvalue weighted by Crippen LogP contribution is 2.17. The first-order chi connectivity index (χ1) is 8.58. The van der Waals surface area contributed by atoms with Crippen LogP contribution in [0.3, 0.4) is 0 Å². The maximum absolute atomic E-state index is 11.9. The summed E-state index contributed by atoms with van der Waals surface area (Å²) in [5.41, 5.74) is 0.646. The number of carbonyl (C=O) groups excluding carboxylic acids is 1. The molecular formula is C12H10ClN3O2. The molecular weight excluding hydrogens is 254 g/mol. The molecule has 0 unspecified atom stereocenters. The first-order valence-electron chi connectivity index (χ1n) is 5.20. The number of aromatic amines is 1. The Morgan fingerprint density at radius 2 is 2.17 bits per heavy atom. The second-order valence-corrected chi connectivity index (χ2v) is 4.04. The van der Waals surface area contributed by atoms with Gasteiger partial charge in [-0.2, -0.15) is 0 Å². The van der Waals surface area contributed by atoms with Crippen LogP contribution in [0.2, 0.25) is 5.15 Å². The third-order valence-corrected chi connectivity index (χ3v) is 2.61. The number of hydrogen-bond acceptors (Lipinski definition) is 3. The van der Waals surface area contributed by atoms with Crippen LogP contribution in [-0.2, 0) is 0 Å². The SMILES string of the molecule is Cc1ccc(C(=O)Nc2cccnc2Cl)c(=O)[nH]1. The van der Waals surface area contributed by atoms with Crippen LogP contribution < -0.4 is 10.9 Å². The summed E-state index contributed by atoms with van der Waals surface area (Å²) in [7, 11) is 0. The van der Waals surface area contributed by atoms with Crippen molar-refractivity contribution < 1.29 is 4.79 Å². The van der Waals surface area contributed by atoms with Gasteiger partial charge in [0, 0.05) is 11.9 Å². The molecule has 0 aromatic carbocycles. The predicted molar refractivity (Wildman–Crippen MR) is 69.0 cm³/mol. The molecule has 0 atom stereocenters. The van der Waals surface area contributed by atoms with E-state index in [0.29, 0.717) is 11.4 Å². The number of amides is 1. The number of anilines is 1. The number of aromatic nitrogens is 2. The molecule has 2 heterocycles. The lowest BCUT2D eigenvalue weighted by Crippen LogP contribution is -2.23. The molecule has 2 rings (SSSR count). The number of H-pyrrole nitrogens is 1. The molecule has 0 fully saturated rings. The van der Waals surface area contributed by atoms with Crippen molar-refractivity contribution in [3.05, 3.63) is 57.2 Å². The van der Waals surface area contributed by atoms with E-state index in [1.165, 1.54) is 12.3 Å². The molecule has 6 heteroatoms. The summed E-state index contributed by atoms with van der Waals surface area (Å²) < 4.78 is 0. The summed E-state index contributed by atoms with van der Waals surface area (Å²) in [6.07, 6.45) is 1.51. The van der Waals surface area contributed by atoms with E-state index in [1.807, 2.05) is 0 Å². The standard InChI is InChI=1S/C12H10ClN3O2/c1-7-4-5-8(11(17)15-7)12(18)16-9-3-2-6-14-10(9)13/h2-6H,1H3,(H,15,17)(H,16,18). The largest absolute Gasteiger partial charge is 0.326 e. The third kappa shape index (κ3) is 2.57. The minimum Gasteiger partial charge on any atom is -0.326 e. The highest BCUT2D eigenvalue weighted by molar-refractivity contribution is 6.32. The highest BCUT2D eigenvalue weighted by atomic mass is 35.5. The van der Waals surface area contributed by atoms with E-state index in [9.17, 15) is 9.59 Å². The van der Waals surface area contributed by atoms with Gasteiger partial charge in [-0.3, -0.25) is 9.59 Å². The van der Waals surface area contributed by atoms with Crippen molar-refractivity contribution in [3.63, 3.8) is 0 Å². The number of pyridine rings is 2. The molecule has 0 saturated heterocycles. The summed E-state index contributed by atoms with van der Waals surface area (Å²) in [6.45, 7) is 1.74. The van der Waals surface area contributed by atoms with Crippen LogP contribution in [-0.4, -0.2) is 15.9 Å². The number of aryl methyl sites for hydroxylation is 1. The maximum atomic E-state index is 11.9. The molecule has 0 radical (unpaired) electrons. The van der Waals surface area contributed by atoms with Crippen LogP contribution in [0.25, 0.3) is 0 Å². The number of carbonyl (C=O) groups is 1. The first kappa shape index (κ1) is 12.3. The van der Waals surface area contributed by atoms with Gasteiger partial charge in [0.2, 0.25) is 0 Å². The van der Waals surface area contributed by atoms with Gasteiger partial charge in [0.05, 0.1) is 5.69 Å². The lowest BCUT2D eigenvalue weighted by molar-refractivity contribution is 0.102. The van der Waals surface area contributed by atoms with Gasteiger partial charge in [0.1, 0.15) is 5.56 Å². The van der Waals surface area contributed by atoms with Crippen LogP contribution in [0, 0.1) is 6.92 Å². The lowest BCUT2D eigenvalue weighted by atomic mass is 10.2. The van der Waals surface area contributed by atoms with E-state index in [0.717, 1.165) is 0 Å². The fourth-order valence-corrected chi connectivity index (χ4v) is 1.59. The van der Waals surface area contributed by atoms with Gasteiger partial charge < -0.3 is 10.3 Å². The lowest BCUT2D eigenvalue weighted by Gasteiger charge is -2.05. The Bertz CT molecular complexity index is 652. The Morgan fingerprint density at radius 3 is 2.83 bits per heavy atom. The Kier molecular flexibility index (Phi) is 3.43. The molecule has 2 aromatic rings. The zero-order valence-corrected chi connectivity index (χ0v) is 10.3. The van der Waals surface area contributed by atoms with Crippen molar-refractivity contribution in [2.24, 2.45) is 0 Å². The van der Waals surface area contributed by atoms with E-state index in [4.69, 9.17) is 11.6 Å². The summed E-state index contributed by atoms with van der Waals surface area (Å²) in [4.78, 5) is 29.9. The summed E-state index contributed by atoms with van der Waals surface area (Å²) in [6, 6.07) is 6.37. The van der Waals surface area contributed by atoms with Crippen molar-refractivity contribution in [3.8, 4) is 0 Å². The van der Waals surface area contributed by atoms with E-state index in [-0.39, 0.29) is 10.7 Å². The molecule has 0 spiro atoms. The van der Waals surface area contributed by atoms with Gasteiger partial charge in [0.25, 0.3) is 11.5 Å². The second-order valence-electron chi connectivity index (χ2n) is 3.68. The van der Waals surface area contributed by atoms with Crippen molar-refractivity contribution in [2.45, 2.75) is 6.92 Å². The van der Waals surface area contributed by atoms with E-state index in [1.54, 1.807) is 25.1 Å². The number of hydrogen-bond donors (Lipinski definition) is 2. The smallest absolute Gasteiger partial charge is 0.261 e. The average Bonchev–Trinajstić information content (AvgIpc) is 2.32. The second kappa shape index (κ2) is 5.01. The maximum Gasteiger partial charge on any atom is 0.261 e. The molecule has 0 aliphatic rings. The normalized spacial score (nSPS) is 10.1. The van der Waals surface area contributed by atoms with E-state index < -0.39 is 11.5 Å². The minimum atomic E-state index is -0.522. The molecule has 18 heavy (non-hydrogen) atoms. The highest BCUT2D eigenvalue weighted by Gasteiger charge is 2.12. The quantitative estimate of drug-likeness (QED) is 0.814. The van der Waals surface area contributed by atoms with Crippen LogP contribution >= 0.6 is 11.6 Å². The molecule has 5 nitrogen and oxygen atoms in total. The van der Waals surface area contributed by atoms with Crippen LogP contribution in [0.15, 0.2) is 35.3 Å². The topological polar surface area (TPSA) is 74.8 Å². The number of nitrogens with zero attached hydrogens (tertiary/aromatic N) is 1. The summed E-state index contributed by atoms with van der Waals surface area (Å²) in [5.74, 6) is -0.522. The number of rotatable bonds is 2. The van der Waals surface area contributed by atoms with Crippen LogP contribution in [0.5, 0.6) is 0 Å². The zero-order valence-electron chi connectivity index (χ0n) is 9.53. The monoisotopic (exact) mass is 263 g/mol. The van der Waals surface area contributed by atoms with Crippen molar-refractivity contribution in [2.75, 3.05) is 5.32 Å². The molecule has 1 amide bonds. The van der Waals surface area contributed by atoms with Crippen molar-refractivity contribution in [1.29, 1.82) is 0 Å². The fraction of sp³-hybridized carbons (Fsp3) is 0.0833. The van der Waals surface area contributed by atoms with Crippen molar-refractivity contribution >= 4 is 23.2 Å². The van der Waals surface area contributed by atoms with Gasteiger partial charge in [-0.25, -0.2) is 4.98 Å². The van der Waals surface area contributed by atoms with Gasteiger partial charge in [-0.15, -0.1) is 0 Å². The van der Waals surface area contributed by atoms with Crippen LogP contribution in [0.4, 0.5) is 5.69 Å². The van der Waals surface area contributed by atoms with Crippen LogP contribution in [0.1, 0.15) is 16.1 Å². The van der Waals surface area contributed by atoms with E-state index >= 15 is 0 Å². The van der Waals surface area contributed by atoms with Gasteiger partial charge in [-0.1, -0.05) is 11.6 Å². The average molecular weight is 264 g/mol. The molecule has 0 saturated carbocycles. The summed E-state index contributed by atoms with van der Waals surface area (Å²) >= 11 is 5.81. The number of nitrogens with one attached hydrogen (secondary N) is 2. The van der Waals surface area contributed by atoms with Gasteiger partial charge >= 0.3 is 0 Å². The van der Waals surface area contributed by atoms with Crippen molar-refractivity contribution in [1.82, 2.24) is 9.97 Å². The number of halogens is 1. The van der Waals surface area contributed by atoms with Gasteiger partial charge in [0.15, 0.2) is 5.15 Å². The molecule has 0 aliphatic heterocycles. The Hall–Kier alpha value is -2.14. The Labute approximate surface area is 108 Å². The molecule has 0 bridgehead atoms. The fourth-order valence-electron chi connectivity index (χ4n) is 1.42. The minimum absolute atomic E-state index is 0.0283. The van der Waals surface area contributed by atoms with Gasteiger partial charge in [-0.05, 0) is 31.2 Å². The summed E-state index contributed by atoms with van der Waals surface area (Å²) in [5, 5.41) is 2.71. The Balaban J connectivity index is 2.28.